The van der Waals surface area contributed by atoms with Gasteiger partial charge in [0.25, 0.3) is 0 Å². The molecule has 1 aliphatic rings. The molecule has 4 heterocycles. The van der Waals surface area contributed by atoms with E-state index in [0.717, 1.165) is 5.56 Å². The first kappa shape index (κ1) is 26.9. The third kappa shape index (κ3) is 5.86. The number of hydrogen-bond acceptors (Lipinski definition) is 9. The molecule has 2 unspecified atom stereocenters. The third-order valence-electron chi connectivity index (χ3n) is 6.47. The Balaban J connectivity index is 1.57. The van der Waals surface area contributed by atoms with Crippen molar-refractivity contribution in [2.45, 2.75) is 19.5 Å². The molecular formula is C26H26F2N7O3S-. The number of benzene rings is 1. The van der Waals surface area contributed by atoms with E-state index in [1.807, 2.05) is 17.9 Å². The number of aromatic nitrogens is 4. The van der Waals surface area contributed by atoms with Gasteiger partial charge in [0.05, 0.1) is 24.4 Å². The zero-order valence-corrected chi connectivity index (χ0v) is 21.9. The Morgan fingerprint density at radius 3 is 2.74 bits per heavy atom. The van der Waals surface area contributed by atoms with Crippen molar-refractivity contribution in [3.05, 3.63) is 59.5 Å². The molecule has 0 aliphatic carbocycles. The second-order valence-electron chi connectivity index (χ2n) is 9.05. The number of pyridine rings is 2. The molecule has 3 N–H and O–H groups in total. The van der Waals surface area contributed by atoms with Crippen LogP contribution in [0.1, 0.15) is 23.7 Å². The molecule has 13 heteroatoms. The van der Waals surface area contributed by atoms with E-state index in [9.17, 15) is 13.2 Å². The molecule has 0 spiro atoms. The number of rotatable bonds is 8. The molecule has 10 nitrogen and oxygen atoms in total. The number of aryl methyl sites for hydroxylation is 1. The predicted molar refractivity (Wildman–Crippen MR) is 144 cm³/mol. The summed E-state index contributed by atoms with van der Waals surface area (Å²) in [6.45, 7) is 3.92. The number of ether oxygens (including phenoxy) is 1. The number of anilines is 2. The van der Waals surface area contributed by atoms with Crippen molar-refractivity contribution in [2.24, 2.45) is 0 Å². The van der Waals surface area contributed by atoms with Gasteiger partial charge in [0.15, 0.2) is 11.6 Å². The molecule has 1 aliphatic heterocycles. The van der Waals surface area contributed by atoms with Crippen LogP contribution >= 0.6 is 0 Å². The number of halogens is 2. The largest absolute Gasteiger partial charge is 0.760 e. The van der Waals surface area contributed by atoms with E-state index in [4.69, 9.17) is 25.4 Å². The molecule has 1 fully saturated rings. The molecular weight excluding hydrogens is 528 g/mol. The van der Waals surface area contributed by atoms with Crippen molar-refractivity contribution < 1.29 is 22.3 Å². The molecule has 39 heavy (non-hydrogen) atoms. The van der Waals surface area contributed by atoms with Crippen LogP contribution in [0.3, 0.4) is 0 Å². The summed E-state index contributed by atoms with van der Waals surface area (Å²) in [5, 5.41) is 0. The first-order valence-corrected chi connectivity index (χ1v) is 13.4. The van der Waals surface area contributed by atoms with E-state index in [-0.39, 0.29) is 24.1 Å². The smallest absolute Gasteiger partial charge is 0.163 e. The Bertz CT molecular complexity index is 1540. The van der Waals surface area contributed by atoms with E-state index in [2.05, 4.69) is 9.71 Å². The quantitative estimate of drug-likeness (QED) is 0.313. The number of morpholine rings is 1. The van der Waals surface area contributed by atoms with Gasteiger partial charge < -0.3 is 19.9 Å². The van der Waals surface area contributed by atoms with Gasteiger partial charge in [-0.1, -0.05) is 12.1 Å². The molecule has 0 radical (unpaired) electrons. The molecule has 4 aromatic rings. The number of nitrogens with two attached hydrogens (primary N) is 1. The molecule has 0 bridgehead atoms. The fraction of sp³-hybridized carbons (Fsp3) is 0.308. The minimum Gasteiger partial charge on any atom is -0.760 e. The van der Waals surface area contributed by atoms with Gasteiger partial charge in [-0.2, -0.15) is 0 Å². The second kappa shape index (κ2) is 11.6. The molecule has 0 saturated carbocycles. The highest BCUT2D eigenvalue weighted by molar-refractivity contribution is 7.77. The summed E-state index contributed by atoms with van der Waals surface area (Å²) >= 11 is -2.52. The van der Waals surface area contributed by atoms with Crippen LogP contribution in [-0.2, 0) is 16.0 Å². The van der Waals surface area contributed by atoms with E-state index < -0.39 is 23.3 Å². The Morgan fingerprint density at radius 1 is 1.21 bits per heavy atom. The Kier molecular flexibility index (Phi) is 8.02. The Hall–Kier alpha value is -3.65. The highest BCUT2D eigenvalue weighted by Gasteiger charge is 2.22. The van der Waals surface area contributed by atoms with Crippen LogP contribution in [0.15, 0.2) is 42.6 Å². The van der Waals surface area contributed by atoms with Crippen LogP contribution in [0, 0.1) is 12.7 Å². The van der Waals surface area contributed by atoms with Crippen molar-refractivity contribution in [3.63, 3.8) is 0 Å². The van der Waals surface area contributed by atoms with Crippen LogP contribution in [0.4, 0.5) is 20.4 Å². The van der Waals surface area contributed by atoms with Crippen molar-refractivity contribution in [1.29, 1.82) is 0 Å². The van der Waals surface area contributed by atoms with Crippen molar-refractivity contribution in [3.8, 4) is 22.6 Å². The lowest BCUT2D eigenvalue weighted by molar-refractivity contribution is 0.122. The number of fused-ring (bicyclic) bond motifs is 1. The lowest BCUT2D eigenvalue weighted by Crippen LogP contribution is -2.37. The van der Waals surface area contributed by atoms with Crippen LogP contribution < -0.4 is 15.4 Å². The van der Waals surface area contributed by atoms with E-state index in [1.54, 1.807) is 24.4 Å². The molecule has 5 rings (SSSR count). The maximum Gasteiger partial charge on any atom is 0.163 e. The normalized spacial score (nSPS) is 15.4. The van der Waals surface area contributed by atoms with Gasteiger partial charge in [-0.3, -0.25) is 4.21 Å². The maximum absolute atomic E-state index is 15.5. The number of hydrogen-bond donors (Lipinski definition) is 2. The van der Waals surface area contributed by atoms with Gasteiger partial charge >= 0.3 is 0 Å². The van der Waals surface area contributed by atoms with Crippen LogP contribution in [0.5, 0.6) is 0 Å². The molecule has 204 valence electrons. The van der Waals surface area contributed by atoms with Gasteiger partial charge in [-0.05, 0) is 43.2 Å². The maximum atomic E-state index is 15.5. The number of alkyl halides is 1. The van der Waals surface area contributed by atoms with Gasteiger partial charge in [0.1, 0.15) is 23.3 Å². The monoisotopic (exact) mass is 554 g/mol. The molecule has 1 aromatic carbocycles. The summed E-state index contributed by atoms with van der Waals surface area (Å²) in [4.78, 5) is 20.5. The Morgan fingerprint density at radius 2 is 2.00 bits per heavy atom. The van der Waals surface area contributed by atoms with Crippen LogP contribution in [-0.4, -0.2) is 61.5 Å². The SMILES string of the molecule is Cc1cc(-c2nc(N3CCOCC3)c3nc(-c4cccc(C(F)CCNS(=O)[O-])c4F)ccc3n2)cnc1N. The van der Waals surface area contributed by atoms with E-state index in [0.29, 0.717) is 66.1 Å². The average molecular weight is 555 g/mol. The third-order valence-corrected chi connectivity index (χ3v) is 6.91. The van der Waals surface area contributed by atoms with Gasteiger partial charge in [-0.25, -0.2) is 33.4 Å². The summed E-state index contributed by atoms with van der Waals surface area (Å²) in [6, 6.07) is 9.65. The number of nitrogens with zero attached hydrogens (tertiary/aromatic N) is 5. The summed E-state index contributed by atoms with van der Waals surface area (Å²) in [5.74, 6) is 0.700. The lowest BCUT2D eigenvalue weighted by Gasteiger charge is -2.28. The van der Waals surface area contributed by atoms with Gasteiger partial charge in [0, 0.05) is 53.8 Å². The van der Waals surface area contributed by atoms with E-state index in [1.165, 1.54) is 12.1 Å². The first-order chi connectivity index (χ1) is 18.8. The summed E-state index contributed by atoms with van der Waals surface area (Å²) in [7, 11) is 0. The summed E-state index contributed by atoms with van der Waals surface area (Å²) in [6.07, 6.45) is -0.294. The predicted octanol–water partition coefficient (Wildman–Crippen LogP) is 3.40. The number of nitrogen functional groups attached to an aromatic ring is 1. The van der Waals surface area contributed by atoms with Crippen molar-refractivity contribution >= 4 is 33.9 Å². The van der Waals surface area contributed by atoms with Gasteiger partial charge in [0.2, 0.25) is 0 Å². The molecule has 1 saturated heterocycles. The highest BCUT2D eigenvalue weighted by atomic mass is 32.2. The van der Waals surface area contributed by atoms with Gasteiger partial charge in [-0.15, -0.1) is 0 Å². The number of nitrogens with one attached hydrogen (secondary N) is 1. The zero-order chi connectivity index (χ0) is 27.5. The molecule has 0 amide bonds. The van der Waals surface area contributed by atoms with E-state index >= 15 is 4.39 Å². The Labute approximate surface area is 226 Å². The lowest BCUT2D eigenvalue weighted by atomic mass is 10.0. The second-order valence-corrected chi connectivity index (χ2v) is 9.81. The fourth-order valence-corrected chi connectivity index (χ4v) is 4.68. The minimum atomic E-state index is -2.52. The standard InChI is InChI=1S/C26H27F2N7O3S/c1-15-13-16(14-30-24(15)29)25-33-21-6-5-20(32-23(21)26(34-25)35-9-11-38-12-10-35)18-4-2-3-17(22(18)28)19(27)7-8-31-39(36)37/h2-6,13-14,19,31H,7-12H2,1H3,(H2,29,30)(H,36,37)/p-1. The molecule has 3 aromatic heterocycles. The topological polar surface area (TPSA) is 142 Å². The van der Waals surface area contributed by atoms with Crippen LogP contribution in [0.2, 0.25) is 0 Å². The highest BCUT2D eigenvalue weighted by Crippen LogP contribution is 2.33. The first-order valence-electron chi connectivity index (χ1n) is 12.3. The summed E-state index contributed by atoms with van der Waals surface area (Å²) < 4.78 is 59.2. The van der Waals surface area contributed by atoms with Crippen molar-refractivity contribution in [1.82, 2.24) is 24.7 Å². The fourth-order valence-electron chi connectivity index (χ4n) is 4.40. The summed E-state index contributed by atoms with van der Waals surface area (Å²) in [5.41, 5.74) is 8.66. The van der Waals surface area contributed by atoms with Crippen molar-refractivity contribution in [2.75, 3.05) is 43.5 Å². The minimum absolute atomic E-state index is 0.118. The average Bonchev–Trinajstić information content (AvgIpc) is 2.94. The zero-order valence-electron chi connectivity index (χ0n) is 21.1. The van der Waals surface area contributed by atoms with Crippen LogP contribution in [0.25, 0.3) is 33.7 Å². The molecule has 2 atom stereocenters.